The Morgan fingerprint density at radius 2 is 2.16 bits per heavy atom. The molecule has 0 saturated carbocycles. The van der Waals surface area contributed by atoms with Gasteiger partial charge in [-0.3, -0.25) is 19.8 Å². The third-order valence-corrected chi connectivity index (χ3v) is 6.42. The highest BCUT2D eigenvalue weighted by molar-refractivity contribution is 9.10. The minimum atomic E-state index is -0.501. The number of amides is 1. The molecule has 5 rings (SSSR count). The minimum absolute atomic E-state index is 0.0807. The SMILES string of the molecule is Cc1cc(Nc2cncc(CN3C[C@@H]4C[C@H]3CN4C(=O)c3cccc(Br)c3F)n2)n[nH]1. The van der Waals surface area contributed by atoms with Crippen molar-refractivity contribution in [2.45, 2.75) is 32.0 Å². The molecule has 0 spiro atoms. The number of aryl methyl sites for hydroxylation is 1. The first-order valence-corrected chi connectivity index (χ1v) is 10.9. The Bertz CT molecular complexity index is 1140. The van der Waals surface area contributed by atoms with E-state index >= 15 is 0 Å². The zero-order valence-corrected chi connectivity index (χ0v) is 18.4. The van der Waals surface area contributed by atoms with Gasteiger partial charge in [0.15, 0.2) is 5.82 Å². The van der Waals surface area contributed by atoms with Crippen LogP contribution in [0.25, 0.3) is 0 Å². The van der Waals surface area contributed by atoms with Crippen LogP contribution in [-0.2, 0) is 6.54 Å². The largest absolute Gasteiger partial charge is 0.333 e. The molecule has 3 aromatic rings. The Kier molecular flexibility index (Phi) is 5.19. The minimum Gasteiger partial charge on any atom is -0.333 e. The first-order chi connectivity index (χ1) is 15.0. The van der Waals surface area contributed by atoms with Crippen molar-refractivity contribution in [1.29, 1.82) is 0 Å². The molecule has 31 heavy (non-hydrogen) atoms. The lowest BCUT2D eigenvalue weighted by Gasteiger charge is -2.34. The Morgan fingerprint density at radius 3 is 2.90 bits per heavy atom. The molecule has 0 radical (unpaired) electrons. The van der Waals surface area contributed by atoms with Crippen molar-refractivity contribution in [3.63, 3.8) is 0 Å². The molecule has 2 bridgehead atoms. The van der Waals surface area contributed by atoms with Crippen molar-refractivity contribution >= 4 is 33.5 Å². The summed E-state index contributed by atoms with van der Waals surface area (Å²) < 4.78 is 14.7. The predicted molar refractivity (Wildman–Crippen MR) is 116 cm³/mol. The van der Waals surface area contributed by atoms with Crippen LogP contribution >= 0.6 is 15.9 Å². The molecule has 2 aliphatic rings. The topological polar surface area (TPSA) is 90.0 Å². The molecule has 160 valence electrons. The number of hydrogen-bond donors (Lipinski definition) is 2. The molecule has 2 fully saturated rings. The number of H-pyrrole nitrogens is 1. The average molecular weight is 486 g/mol. The molecular weight excluding hydrogens is 465 g/mol. The van der Waals surface area contributed by atoms with Crippen LogP contribution < -0.4 is 5.32 Å². The van der Waals surface area contributed by atoms with Gasteiger partial charge in [0.2, 0.25) is 0 Å². The lowest BCUT2D eigenvalue weighted by molar-refractivity contribution is 0.0610. The van der Waals surface area contributed by atoms with E-state index in [0.29, 0.717) is 29.2 Å². The molecule has 2 N–H and O–H groups in total. The number of nitrogens with one attached hydrogen (secondary N) is 2. The number of likely N-dealkylation sites (tertiary alicyclic amines) is 2. The van der Waals surface area contributed by atoms with Crippen molar-refractivity contribution in [3.8, 4) is 0 Å². The Hall–Kier alpha value is -2.85. The van der Waals surface area contributed by atoms with Gasteiger partial charge in [-0.05, 0) is 41.4 Å². The zero-order chi connectivity index (χ0) is 21.5. The summed E-state index contributed by atoms with van der Waals surface area (Å²) in [6, 6.07) is 7.04. The monoisotopic (exact) mass is 485 g/mol. The number of halogens is 2. The van der Waals surface area contributed by atoms with E-state index in [1.165, 1.54) is 0 Å². The van der Waals surface area contributed by atoms with Crippen LogP contribution in [0.5, 0.6) is 0 Å². The number of benzene rings is 1. The summed E-state index contributed by atoms with van der Waals surface area (Å²) in [5, 5.41) is 10.2. The van der Waals surface area contributed by atoms with Gasteiger partial charge < -0.3 is 10.2 Å². The molecule has 2 saturated heterocycles. The van der Waals surface area contributed by atoms with Gasteiger partial charge in [-0.1, -0.05) is 6.07 Å². The number of aromatic nitrogens is 4. The number of rotatable bonds is 5. The first kappa shape index (κ1) is 20.1. The number of piperazine rings is 1. The first-order valence-electron chi connectivity index (χ1n) is 10.1. The van der Waals surface area contributed by atoms with E-state index in [0.717, 1.165) is 24.4 Å². The van der Waals surface area contributed by atoms with Crippen LogP contribution in [-0.4, -0.2) is 61.0 Å². The highest BCUT2D eigenvalue weighted by Gasteiger charge is 2.45. The van der Waals surface area contributed by atoms with Crippen LogP contribution in [0.15, 0.2) is 41.1 Å². The van der Waals surface area contributed by atoms with Crippen molar-refractivity contribution in [3.05, 3.63) is 63.9 Å². The molecule has 4 heterocycles. The van der Waals surface area contributed by atoms with E-state index in [-0.39, 0.29) is 23.6 Å². The fourth-order valence-corrected chi connectivity index (χ4v) is 4.75. The van der Waals surface area contributed by atoms with E-state index in [4.69, 9.17) is 0 Å². The van der Waals surface area contributed by atoms with Crippen molar-refractivity contribution < 1.29 is 9.18 Å². The van der Waals surface area contributed by atoms with E-state index in [2.05, 4.69) is 46.3 Å². The third kappa shape index (κ3) is 3.92. The summed E-state index contributed by atoms with van der Waals surface area (Å²) in [4.78, 5) is 26.0. The molecular formula is C21H21BrFN7O. The lowest BCUT2D eigenvalue weighted by atomic mass is 10.1. The van der Waals surface area contributed by atoms with Crippen molar-refractivity contribution in [1.82, 2.24) is 30.0 Å². The van der Waals surface area contributed by atoms with Crippen molar-refractivity contribution in [2.24, 2.45) is 0 Å². The molecule has 0 aliphatic carbocycles. The molecule has 0 unspecified atom stereocenters. The fourth-order valence-electron chi connectivity index (χ4n) is 4.38. The summed E-state index contributed by atoms with van der Waals surface area (Å²) in [7, 11) is 0. The molecule has 2 aromatic heterocycles. The fraction of sp³-hybridized carbons (Fsp3) is 0.333. The quantitative estimate of drug-likeness (QED) is 0.576. The average Bonchev–Trinajstić information content (AvgIpc) is 3.46. The van der Waals surface area contributed by atoms with E-state index in [9.17, 15) is 9.18 Å². The van der Waals surface area contributed by atoms with E-state index < -0.39 is 5.82 Å². The molecule has 2 atom stereocenters. The Balaban J connectivity index is 1.24. The second-order valence-corrected chi connectivity index (χ2v) is 8.84. The van der Waals surface area contributed by atoms with Gasteiger partial charge in [-0.15, -0.1) is 0 Å². The van der Waals surface area contributed by atoms with Crippen LogP contribution in [0.4, 0.5) is 16.0 Å². The number of fused-ring (bicyclic) bond motifs is 2. The van der Waals surface area contributed by atoms with Gasteiger partial charge in [-0.2, -0.15) is 5.10 Å². The van der Waals surface area contributed by atoms with Gasteiger partial charge in [0.05, 0.1) is 21.9 Å². The van der Waals surface area contributed by atoms with Crippen molar-refractivity contribution in [2.75, 3.05) is 18.4 Å². The summed E-state index contributed by atoms with van der Waals surface area (Å²) >= 11 is 3.16. The maximum absolute atomic E-state index is 14.4. The molecule has 1 aromatic carbocycles. The van der Waals surface area contributed by atoms with Crippen LogP contribution in [0.1, 0.15) is 28.2 Å². The van der Waals surface area contributed by atoms with Crippen LogP contribution in [0.3, 0.4) is 0 Å². The third-order valence-electron chi connectivity index (χ3n) is 5.81. The highest BCUT2D eigenvalue weighted by atomic mass is 79.9. The number of carbonyl (C=O) groups is 1. The second-order valence-electron chi connectivity index (χ2n) is 7.99. The number of nitrogens with zero attached hydrogens (tertiary/aromatic N) is 5. The number of aromatic amines is 1. The van der Waals surface area contributed by atoms with Gasteiger partial charge >= 0.3 is 0 Å². The zero-order valence-electron chi connectivity index (χ0n) is 16.8. The van der Waals surface area contributed by atoms with Gasteiger partial charge in [-0.25, -0.2) is 9.37 Å². The molecule has 1 amide bonds. The number of anilines is 2. The van der Waals surface area contributed by atoms with Crippen LogP contribution in [0.2, 0.25) is 0 Å². The normalized spacial score (nSPS) is 20.4. The number of carbonyl (C=O) groups excluding carboxylic acids is 1. The van der Waals surface area contributed by atoms with Gasteiger partial charge in [0, 0.05) is 49.7 Å². The van der Waals surface area contributed by atoms with E-state index in [1.807, 2.05) is 13.0 Å². The summed E-state index contributed by atoms with van der Waals surface area (Å²) in [5.41, 5.74) is 1.92. The molecule has 10 heteroatoms. The standard InChI is InChI=1S/C21H21BrFN7O/c1-12-5-18(28-27-12)26-19-8-24-7-13(25-19)9-29-10-15-6-14(29)11-30(15)21(31)16-3-2-4-17(22)20(16)23/h2-5,7-8,14-15H,6,9-11H2,1H3,(H2,25,26,27,28)/t14-,15-/m0/s1. The van der Waals surface area contributed by atoms with E-state index in [1.54, 1.807) is 35.5 Å². The smallest absolute Gasteiger partial charge is 0.257 e. The Morgan fingerprint density at radius 1 is 1.29 bits per heavy atom. The lowest BCUT2D eigenvalue weighted by Crippen LogP contribution is -2.48. The predicted octanol–water partition coefficient (Wildman–Crippen LogP) is 3.25. The number of hydrogen-bond acceptors (Lipinski definition) is 6. The maximum Gasteiger partial charge on any atom is 0.257 e. The molecule has 2 aliphatic heterocycles. The van der Waals surface area contributed by atoms with Crippen LogP contribution in [0, 0.1) is 12.7 Å². The van der Waals surface area contributed by atoms with Gasteiger partial charge in [0.25, 0.3) is 5.91 Å². The summed E-state index contributed by atoms with van der Waals surface area (Å²) in [6.45, 7) is 3.91. The second kappa shape index (κ2) is 8.01. The molecule has 8 nitrogen and oxygen atoms in total. The summed E-state index contributed by atoms with van der Waals surface area (Å²) in [5.74, 6) is 0.582. The Labute approximate surface area is 187 Å². The summed E-state index contributed by atoms with van der Waals surface area (Å²) in [6.07, 6.45) is 4.31. The maximum atomic E-state index is 14.4. The highest BCUT2D eigenvalue weighted by Crippen LogP contribution is 2.33. The van der Waals surface area contributed by atoms with Gasteiger partial charge in [0.1, 0.15) is 11.6 Å².